The average Bonchev–Trinajstić information content (AvgIpc) is 1.19. The lowest BCUT2D eigenvalue weighted by atomic mass is 9.96. The Morgan fingerprint density at radius 1 is 0.363 bits per heavy atom. The molecule has 0 fully saturated rings. The normalized spacial score (nSPS) is 14.5. The zero-order valence-electron chi connectivity index (χ0n) is 68.7. The van der Waals surface area contributed by atoms with E-state index >= 15 is 0 Å². The van der Waals surface area contributed by atoms with Crippen LogP contribution in [0.15, 0.2) is 30.5 Å². The topological polar surface area (TPSA) is 602 Å². The third kappa shape index (κ3) is 33.2. The molecule has 1 aromatic carbocycles. The third-order valence-corrected chi connectivity index (χ3v) is 18.0. The van der Waals surface area contributed by atoms with Crippen molar-refractivity contribution < 1.29 is 91.4 Å². The van der Waals surface area contributed by atoms with Gasteiger partial charge in [-0.1, -0.05) is 59.7 Å². The van der Waals surface area contributed by atoms with Crippen molar-refractivity contribution in [1.82, 2.24) is 84.7 Å². The largest absolute Gasteiger partial charge is 0.394 e. The van der Waals surface area contributed by atoms with Crippen molar-refractivity contribution in [1.29, 1.82) is 0 Å². The maximum atomic E-state index is 14.2. The molecule has 2 aromatic rings. The van der Waals surface area contributed by atoms with Crippen molar-refractivity contribution >= 4 is 117 Å². The molecule has 0 spiro atoms. The van der Waals surface area contributed by atoms with Gasteiger partial charge in [-0.2, -0.15) is 0 Å². The first-order chi connectivity index (χ1) is 51.9. The molecule has 0 saturated carbocycles. The predicted octanol–water partition coefficient (Wildman–Crippen LogP) is -2.96. The lowest BCUT2D eigenvalue weighted by Crippen LogP contribution is -2.66. The molecule has 0 saturated heterocycles. The van der Waals surface area contributed by atoms with Crippen LogP contribution in [0.25, 0.3) is 10.9 Å². The van der Waals surface area contributed by atoms with Crippen LogP contribution in [0.3, 0.4) is 0 Å². The lowest BCUT2D eigenvalue weighted by molar-refractivity contribution is -0.140. The number of hydrogen-bond acceptors (Lipinski definition) is 19. The number of aromatic amines is 1. The van der Waals surface area contributed by atoms with Gasteiger partial charge in [0.25, 0.3) is 0 Å². The van der Waals surface area contributed by atoms with E-state index in [1.807, 2.05) is 38.1 Å². The maximum absolute atomic E-state index is 14.2. The Labute approximate surface area is 659 Å². The molecule has 1 heterocycles. The summed E-state index contributed by atoms with van der Waals surface area (Å²) in [4.78, 5) is 245. The number of carbonyl (C=O) groups is 18. The summed E-state index contributed by atoms with van der Waals surface area (Å²) in [5.74, 6) is -16.0. The number of hydrogen-bond donors (Lipinski definition) is 20. The molecule has 2 rings (SSSR count). The van der Waals surface area contributed by atoms with Crippen LogP contribution in [0.4, 0.5) is 0 Å². The number of nitrogens with one attached hydrogen (secondary N) is 16. The van der Waals surface area contributed by atoms with E-state index in [1.54, 1.807) is 33.9 Å². The van der Waals surface area contributed by atoms with E-state index in [2.05, 4.69) is 84.7 Å². The molecule has 10 atom stereocenters. The van der Waals surface area contributed by atoms with Crippen molar-refractivity contribution in [2.75, 3.05) is 6.61 Å². The average molecular weight is 1590 g/mol. The number of aliphatic hydroxyl groups is 1. The Balaban J connectivity index is 2.20. The monoisotopic (exact) mass is 1590 g/mol. The Bertz CT molecular complexity index is 3790. The van der Waals surface area contributed by atoms with Crippen LogP contribution >= 0.6 is 0 Å². The van der Waals surface area contributed by atoms with E-state index in [9.17, 15) is 91.4 Å². The van der Waals surface area contributed by atoms with Gasteiger partial charge in [-0.3, -0.25) is 86.3 Å². The first kappa shape index (κ1) is 98.3. The zero-order valence-corrected chi connectivity index (χ0v) is 68.7. The number of aromatic nitrogens is 1. The van der Waals surface area contributed by atoms with Gasteiger partial charge < -0.3 is 107 Å². The summed E-state index contributed by atoms with van der Waals surface area (Å²) in [6.07, 6.45) is -0.146. The molecule has 0 aliphatic heterocycles. The Morgan fingerprint density at radius 2 is 0.681 bits per heavy atom. The highest BCUT2D eigenvalue weighted by Gasteiger charge is 2.43. The van der Waals surface area contributed by atoms with Gasteiger partial charge in [-0.15, -0.1) is 0 Å². The molecule has 1 aromatic heterocycles. The van der Waals surface area contributed by atoms with Crippen molar-refractivity contribution in [3.8, 4) is 0 Å². The number of para-hydroxylation sites is 1. The minimum absolute atomic E-state index is 0.00586. The lowest BCUT2D eigenvalue weighted by Gasteiger charge is -2.34. The molecule has 23 N–H and O–H groups in total. The van der Waals surface area contributed by atoms with E-state index in [1.165, 1.54) is 96.9 Å². The Hall–Kier alpha value is -10.8. The quantitative estimate of drug-likeness (QED) is 0.0315. The minimum atomic E-state index is -1.90. The number of benzene rings is 1. The van der Waals surface area contributed by atoms with E-state index in [-0.39, 0.29) is 49.9 Å². The number of aliphatic hydroxyl groups excluding tert-OH is 1. The van der Waals surface area contributed by atoms with Crippen LogP contribution in [-0.4, -0.2) is 211 Å². The molecule has 0 aliphatic rings. The Morgan fingerprint density at radius 3 is 1.06 bits per heavy atom. The molecule has 0 unspecified atom stereocenters. The molecule has 38 heteroatoms. The SMILES string of the molecule is CC(=O)N[C@H](Cc1c[nH]c2ccccc12)C(=O)N[C@H](C)C(=O)NC(C)(C)C(=O)NC(C)(C)C(=O)N[C@@H](CC(C)C)C(=O)NC(C)(C)C(=O)N[C@H](CCC(N)=O)C(=O)N[C@H](C)C(=O)N[C@H](C)C(=O)NC(C)(C)C(=O)N[C@H](CCC(N)=O)C(=O)N[C@@H](CC(C)C)C(=O)NC(C)(C)C(=O)N[C@H](CCC(N)=O)C(=O)N[C@H](CO)CC(C)C. The van der Waals surface area contributed by atoms with E-state index in [4.69, 9.17) is 17.2 Å². The van der Waals surface area contributed by atoms with Crippen molar-refractivity contribution in [3.63, 3.8) is 0 Å². The van der Waals surface area contributed by atoms with Crippen LogP contribution in [0.5, 0.6) is 0 Å². The van der Waals surface area contributed by atoms with Crippen molar-refractivity contribution in [3.05, 3.63) is 36.0 Å². The summed E-state index contributed by atoms with van der Waals surface area (Å²) in [6, 6.07) is -5.82. The molecular weight excluding hydrogens is 1470 g/mol. The number of amides is 18. The van der Waals surface area contributed by atoms with E-state index in [0.717, 1.165) is 16.5 Å². The number of carbonyl (C=O) groups excluding carboxylic acids is 18. The first-order valence-electron chi connectivity index (χ1n) is 37.6. The van der Waals surface area contributed by atoms with Gasteiger partial charge in [-0.05, 0) is 158 Å². The molecule has 18 amide bonds. The van der Waals surface area contributed by atoms with Crippen molar-refractivity contribution in [2.45, 2.75) is 291 Å². The number of fused-ring (bicyclic) bond motifs is 1. The van der Waals surface area contributed by atoms with Gasteiger partial charge in [-0.25, -0.2) is 0 Å². The van der Waals surface area contributed by atoms with Crippen LogP contribution in [-0.2, 0) is 92.7 Å². The smallest absolute Gasteiger partial charge is 0.246 e. The zero-order chi connectivity index (χ0) is 86.8. The van der Waals surface area contributed by atoms with Gasteiger partial charge >= 0.3 is 0 Å². The molecule has 632 valence electrons. The fourth-order valence-electron chi connectivity index (χ4n) is 11.2. The number of nitrogens with two attached hydrogens (primary N) is 3. The van der Waals surface area contributed by atoms with E-state index < -0.39 is 227 Å². The summed E-state index contributed by atoms with van der Waals surface area (Å²) in [5, 5.41) is 48.8. The number of primary amides is 3. The molecule has 0 aliphatic carbocycles. The number of H-pyrrole nitrogens is 1. The fraction of sp³-hybridized carbons (Fsp3) is 0.653. The van der Waals surface area contributed by atoms with Crippen LogP contribution in [0, 0.1) is 17.8 Å². The fourth-order valence-corrected chi connectivity index (χ4v) is 11.2. The summed E-state index contributed by atoms with van der Waals surface area (Å²) < 4.78 is 0. The summed E-state index contributed by atoms with van der Waals surface area (Å²) in [5.41, 5.74) is 8.69. The standard InChI is InChI=1S/C75H123N19O19/c1-37(2)31-45(36-95)84-61(104)49(26-29-55(77)98)87-68(111)72(13,14)92-64(107)51(32-38(3)4)85-62(105)50(27-30-56(78)99)88-66(109)71(11,12)90-58(101)41(8)80-57(100)40(7)81-60(103)48(25-28-54(76)97)86-67(110)73(15,16)93-65(108)52(33-39(5)6)89-69(112)74(17,18)94-70(113)75(19,20)91-59(102)42(9)82-63(106)53(83-43(10)96)34-44-35-79-47-24-22-21-23-46(44)47/h21-24,35,37-42,45,48-53,79,95H,25-34,36H2,1-20H3,(H2,76,97)(H2,77,98)(H2,78,99)(H,80,100)(H,81,103)(H,82,106)(H,83,96)(H,84,104)(H,85,105)(H,86,110)(H,87,111)(H,88,109)(H,89,112)(H,90,101)(H,91,102)(H,92,107)(H,93,108)(H,94,113)/t40-,41-,42-,45+,48-,49-,50-,51+,52+,53-/m1/s1. The van der Waals surface area contributed by atoms with Crippen molar-refractivity contribution in [2.24, 2.45) is 35.0 Å². The highest BCUT2D eigenvalue weighted by molar-refractivity contribution is 6.03. The first-order valence-corrected chi connectivity index (χ1v) is 37.6. The maximum Gasteiger partial charge on any atom is 0.246 e. The Kier molecular flexibility index (Phi) is 37.6. The van der Waals surface area contributed by atoms with Gasteiger partial charge in [0, 0.05) is 49.7 Å². The molecule has 113 heavy (non-hydrogen) atoms. The van der Waals surface area contributed by atoms with Gasteiger partial charge in [0.2, 0.25) is 106 Å². The molecular formula is C75H123N19O19. The second-order valence-corrected chi connectivity index (χ2v) is 32.5. The predicted molar refractivity (Wildman–Crippen MR) is 416 cm³/mol. The summed E-state index contributed by atoms with van der Waals surface area (Å²) in [7, 11) is 0. The van der Waals surface area contributed by atoms with Gasteiger partial charge in [0.15, 0.2) is 0 Å². The summed E-state index contributed by atoms with van der Waals surface area (Å²) >= 11 is 0. The third-order valence-electron chi connectivity index (χ3n) is 18.0. The van der Waals surface area contributed by atoms with Crippen LogP contribution < -0.4 is 97.0 Å². The van der Waals surface area contributed by atoms with Crippen LogP contribution in [0.1, 0.15) is 202 Å². The molecule has 0 bridgehead atoms. The second-order valence-electron chi connectivity index (χ2n) is 32.5. The van der Waals surface area contributed by atoms with Gasteiger partial charge in [0.1, 0.15) is 82.1 Å². The molecule has 38 nitrogen and oxygen atoms in total. The second kappa shape index (κ2) is 43.3. The summed E-state index contributed by atoms with van der Waals surface area (Å²) in [6.45, 7) is 28.4. The minimum Gasteiger partial charge on any atom is -0.394 e. The highest BCUT2D eigenvalue weighted by atomic mass is 16.3. The van der Waals surface area contributed by atoms with Gasteiger partial charge in [0.05, 0.1) is 12.6 Å². The van der Waals surface area contributed by atoms with Crippen LogP contribution in [0.2, 0.25) is 0 Å². The van der Waals surface area contributed by atoms with E-state index in [0.29, 0.717) is 6.42 Å². The molecule has 0 radical (unpaired) electrons. The highest BCUT2D eigenvalue weighted by Crippen LogP contribution is 2.21. The number of rotatable bonds is 47.